The van der Waals surface area contributed by atoms with Crippen molar-refractivity contribution in [2.45, 2.75) is 25.8 Å². The Morgan fingerprint density at radius 2 is 2.10 bits per heavy atom. The van der Waals surface area contributed by atoms with Crippen LogP contribution < -0.4 is 5.69 Å². The molecule has 5 heteroatoms. The number of imidazole rings is 1. The summed E-state index contributed by atoms with van der Waals surface area (Å²) in [7, 11) is 0. The summed E-state index contributed by atoms with van der Waals surface area (Å²) in [6.07, 6.45) is 4.04. The Balaban J connectivity index is 1.76. The average Bonchev–Trinajstić information content (AvgIpc) is 2.81. The van der Waals surface area contributed by atoms with Crippen LogP contribution in [0.15, 0.2) is 40.2 Å². The Morgan fingerprint density at radius 3 is 2.81 bits per heavy atom. The minimum atomic E-state index is 0.00569. The van der Waals surface area contributed by atoms with Gasteiger partial charge in [0.15, 0.2) is 0 Å². The molecule has 4 nitrogen and oxygen atoms in total. The minimum absolute atomic E-state index is 0.00569. The van der Waals surface area contributed by atoms with Crippen molar-refractivity contribution in [1.29, 1.82) is 0 Å². The van der Waals surface area contributed by atoms with Crippen LogP contribution in [0.25, 0.3) is 11.0 Å². The molecule has 0 atom stereocenters. The third-order valence-electron chi connectivity index (χ3n) is 4.18. The maximum absolute atomic E-state index is 12.2. The molecule has 0 bridgehead atoms. The van der Waals surface area contributed by atoms with Gasteiger partial charge in [0.25, 0.3) is 0 Å². The van der Waals surface area contributed by atoms with Gasteiger partial charge in [-0.1, -0.05) is 29.8 Å². The van der Waals surface area contributed by atoms with Gasteiger partial charge in [0.1, 0.15) is 0 Å². The van der Waals surface area contributed by atoms with Crippen LogP contribution in [0.1, 0.15) is 25.8 Å². The Morgan fingerprint density at radius 1 is 1.38 bits per heavy atom. The third-order valence-corrected chi connectivity index (χ3v) is 4.33. The summed E-state index contributed by atoms with van der Waals surface area (Å²) in [6.45, 7) is 4.79. The van der Waals surface area contributed by atoms with Crippen LogP contribution in [0.3, 0.4) is 0 Å². The number of likely N-dealkylation sites (tertiary alicyclic amines) is 1. The molecule has 1 N–H and O–H groups in total. The first kappa shape index (κ1) is 14.4. The van der Waals surface area contributed by atoms with Gasteiger partial charge in [0.2, 0.25) is 0 Å². The normalized spacial score (nSPS) is 18.5. The number of nitrogens with zero attached hydrogens (tertiary/aromatic N) is 2. The molecule has 0 spiro atoms. The lowest BCUT2D eigenvalue weighted by Crippen LogP contribution is -2.37. The van der Waals surface area contributed by atoms with Crippen LogP contribution in [0.4, 0.5) is 0 Å². The number of aromatic amines is 1. The maximum Gasteiger partial charge on any atom is 0.326 e. The molecule has 3 rings (SSSR count). The summed E-state index contributed by atoms with van der Waals surface area (Å²) in [4.78, 5) is 17.5. The lowest BCUT2D eigenvalue weighted by molar-refractivity contribution is 0.203. The molecule has 0 saturated carbocycles. The Hall–Kier alpha value is -1.52. The molecule has 112 valence electrons. The number of hydrogen-bond acceptors (Lipinski definition) is 2. The highest BCUT2D eigenvalue weighted by Gasteiger charge is 2.22. The molecule has 2 heterocycles. The van der Waals surface area contributed by atoms with Gasteiger partial charge in [-0.2, -0.15) is 0 Å². The topological polar surface area (TPSA) is 41.0 Å². The molecule has 0 unspecified atom stereocenters. The van der Waals surface area contributed by atoms with Crippen molar-refractivity contribution in [3.63, 3.8) is 0 Å². The zero-order valence-electron chi connectivity index (χ0n) is 12.2. The zero-order chi connectivity index (χ0) is 14.8. The first-order valence-corrected chi connectivity index (χ1v) is 7.77. The molecule has 1 aliphatic rings. The first-order valence-electron chi connectivity index (χ1n) is 7.39. The summed E-state index contributed by atoms with van der Waals surface area (Å²) in [5.41, 5.74) is 1.94. The molecule has 2 aromatic rings. The number of fused-ring (bicyclic) bond motifs is 1. The average molecular weight is 306 g/mol. The predicted octanol–water partition coefficient (Wildman–Crippen LogP) is 3.11. The molecule has 0 radical (unpaired) electrons. The number of benzene rings is 1. The standard InChI is InChI=1S/C16H20ClN3O/c1-12(17)6-9-19-10-7-13(8-11-19)20-15-5-3-2-4-14(15)18-16(20)21/h2-6,13H,7-11H2,1H3,(H,18,21)/b12-6-. The van der Waals surface area contributed by atoms with Gasteiger partial charge in [-0.15, -0.1) is 0 Å². The van der Waals surface area contributed by atoms with E-state index < -0.39 is 0 Å². The number of nitrogens with one attached hydrogen (secondary N) is 1. The minimum Gasteiger partial charge on any atom is -0.306 e. The lowest BCUT2D eigenvalue weighted by atomic mass is 10.0. The number of para-hydroxylation sites is 2. The maximum atomic E-state index is 12.2. The SMILES string of the molecule is C/C(Cl)=C/CN1CCC(n2c(=O)[nH]c3ccccc32)CC1. The van der Waals surface area contributed by atoms with Crippen molar-refractivity contribution >= 4 is 22.6 Å². The zero-order valence-corrected chi connectivity index (χ0v) is 12.9. The van der Waals surface area contributed by atoms with Crippen molar-refractivity contribution in [2.75, 3.05) is 19.6 Å². The van der Waals surface area contributed by atoms with Crippen molar-refractivity contribution in [3.05, 3.63) is 45.9 Å². The number of H-pyrrole nitrogens is 1. The highest BCUT2D eigenvalue weighted by molar-refractivity contribution is 6.29. The summed E-state index contributed by atoms with van der Waals surface area (Å²) in [6, 6.07) is 8.18. The van der Waals surface area contributed by atoms with E-state index in [0.717, 1.165) is 48.5 Å². The van der Waals surface area contributed by atoms with Gasteiger partial charge < -0.3 is 4.98 Å². The summed E-state index contributed by atoms with van der Waals surface area (Å²) >= 11 is 5.88. The largest absolute Gasteiger partial charge is 0.326 e. The fraction of sp³-hybridized carbons (Fsp3) is 0.438. The Labute approximate surface area is 129 Å². The summed E-state index contributed by atoms with van der Waals surface area (Å²) in [5, 5.41) is 0.838. The number of halogens is 1. The number of allylic oxidation sites excluding steroid dienone is 1. The molecule has 1 aliphatic heterocycles. The van der Waals surface area contributed by atoms with E-state index in [2.05, 4.69) is 9.88 Å². The Kier molecular flexibility index (Phi) is 4.17. The van der Waals surface area contributed by atoms with Gasteiger partial charge in [0.05, 0.1) is 11.0 Å². The Bertz CT molecular complexity index is 704. The molecular formula is C16H20ClN3O. The molecule has 1 aromatic carbocycles. The highest BCUT2D eigenvalue weighted by atomic mass is 35.5. The number of rotatable bonds is 3. The van der Waals surface area contributed by atoms with E-state index in [1.165, 1.54) is 0 Å². The van der Waals surface area contributed by atoms with Gasteiger partial charge in [-0.3, -0.25) is 9.47 Å². The van der Waals surface area contributed by atoms with Crippen molar-refractivity contribution < 1.29 is 0 Å². The number of aromatic nitrogens is 2. The number of hydrogen-bond donors (Lipinski definition) is 1. The van der Waals surface area contributed by atoms with Crippen LogP contribution in [-0.2, 0) is 0 Å². The molecule has 0 aliphatic carbocycles. The van der Waals surface area contributed by atoms with Gasteiger partial charge >= 0.3 is 5.69 Å². The van der Waals surface area contributed by atoms with E-state index in [-0.39, 0.29) is 11.7 Å². The second-order valence-corrected chi connectivity index (χ2v) is 6.24. The number of piperidine rings is 1. The molecule has 1 fully saturated rings. The second kappa shape index (κ2) is 6.08. The van der Waals surface area contributed by atoms with Crippen LogP contribution in [0, 0.1) is 0 Å². The van der Waals surface area contributed by atoms with Crippen molar-refractivity contribution in [3.8, 4) is 0 Å². The van der Waals surface area contributed by atoms with Crippen LogP contribution in [0.2, 0.25) is 0 Å². The first-order chi connectivity index (χ1) is 10.1. The van der Waals surface area contributed by atoms with E-state index in [1.807, 2.05) is 41.8 Å². The van der Waals surface area contributed by atoms with E-state index >= 15 is 0 Å². The highest BCUT2D eigenvalue weighted by Crippen LogP contribution is 2.24. The van der Waals surface area contributed by atoms with E-state index in [9.17, 15) is 4.79 Å². The molecule has 1 aromatic heterocycles. The molecule has 0 amide bonds. The van der Waals surface area contributed by atoms with Crippen LogP contribution >= 0.6 is 11.6 Å². The van der Waals surface area contributed by atoms with Gasteiger partial charge in [0, 0.05) is 30.7 Å². The van der Waals surface area contributed by atoms with Gasteiger partial charge in [-0.05, 0) is 31.9 Å². The third kappa shape index (κ3) is 3.06. The van der Waals surface area contributed by atoms with Crippen molar-refractivity contribution in [1.82, 2.24) is 14.5 Å². The lowest BCUT2D eigenvalue weighted by Gasteiger charge is -2.31. The molecule has 21 heavy (non-hydrogen) atoms. The van der Waals surface area contributed by atoms with E-state index in [4.69, 9.17) is 11.6 Å². The summed E-state index contributed by atoms with van der Waals surface area (Å²) < 4.78 is 1.93. The fourth-order valence-corrected chi connectivity index (χ4v) is 3.12. The van der Waals surface area contributed by atoms with E-state index in [0.29, 0.717) is 0 Å². The molecule has 1 saturated heterocycles. The predicted molar refractivity (Wildman–Crippen MR) is 86.9 cm³/mol. The van der Waals surface area contributed by atoms with Crippen LogP contribution in [-0.4, -0.2) is 34.1 Å². The van der Waals surface area contributed by atoms with Crippen molar-refractivity contribution in [2.24, 2.45) is 0 Å². The van der Waals surface area contributed by atoms with Crippen LogP contribution in [0.5, 0.6) is 0 Å². The fourth-order valence-electron chi connectivity index (χ4n) is 3.05. The summed E-state index contributed by atoms with van der Waals surface area (Å²) in [5.74, 6) is 0. The van der Waals surface area contributed by atoms with Gasteiger partial charge in [-0.25, -0.2) is 4.79 Å². The van der Waals surface area contributed by atoms with E-state index in [1.54, 1.807) is 0 Å². The monoisotopic (exact) mass is 305 g/mol. The molecular weight excluding hydrogens is 286 g/mol. The smallest absolute Gasteiger partial charge is 0.306 e. The second-order valence-electron chi connectivity index (χ2n) is 5.64. The quantitative estimate of drug-likeness (QED) is 0.946.